The Morgan fingerprint density at radius 2 is 2.10 bits per heavy atom. The Kier molecular flexibility index (Phi) is 5.55. The lowest BCUT2D eigenvalue weighted by atomic mass is 10.1. The first-order valence-corrected chi connectivity index (χ1v) is 7.10. The number of hydrogen-bond acceptors (Lipinski definition) is 4. The van der Waals surface area contributed by atoms with E-state index in [2.05, 4.69) is 41.6 Å². The summed E-state index contributed by atoms with van der Waals surface area (Å²) in [6.07, 6.45) is 4.59. The van der Waals surface area contributed by atoms with E-state index in [-0.39, 0.29) is 0 Å². The Hall–Kier alpha value is -1.88. The minimum atomic E-state index is 0.304. The maximum absolute atomic E-state index is 5.58. The molecule has 108 valence electrons. The molecule has 0 aliphatic carbocycles. The topological polar surface area (TPSA) is 52.0 Å². The number of rotatable bonds is 8. The molecule has 5 nitrogen and oxygen atoms in total. The minimum Gasteiger partial charge on any atom is -0.494 e. The van der Waals surface area contributed by atoms with Gasteiger partial charge in [0.2, 0.25) is 0 Å². The van der Waals surface area contributed by atoms with Crippen LogP contribution in [0, 0.1) is 0 Å². The highest BCUT2D eigenvalue weighted by atomic mass is 16.5. The molecule has 0 bridgehead atoms. The maximum atomic E-state index is 5.58. The summed E-state index contributed by atoms with van der Waals surface area (Å²) >= 11 is 0. The van der Waals surface area contributed by atoms with Crippen molar-refractivity contribution in [1.29, 1.82) is 0 Å². The van der Waals surface area contributed by atoms with Crippen LogP contribution < -0.4 is 10.1 Å². The summed E-state index contributed by atoms with van der Waals surface area (Å²) in [5.41, 5.74) is 1.26. The molecule has 0 saturated carbocycles. The van der Waals surface area contributed by atoms with Crippen molar-refractivity contribution >= 4 is 0 Å². The zero-order valence-corrected chi connectivity index (χ0v) is 12.1. The number of nitrogens with one attached hydrogen (secondary N) is 1. The zero-order chi connectivity index (χ0) is 14.2. The average molecular weight is 274 g/mol. The number of benzene rings is 1. The van der Waals surface area contributed by atoms with Crippen LogP contribution in [0.2, 0.25) is 0 Å². The molecule has 0 fully saturated rings. The van der Waals surface area contributed by atoms with E-state index in [4.69, 9.17) is 4.74 Å². The summed E-state index contributed by atoms with van der Waals surface area (Å²) in [7, 11) is 0. The molecular weight excluding hydrogens is 252 g/mol. The Balaban J connectivity index is 1.78. The third kappa shape index (κ3) is 4.35. The van der Waals surface area contributed by atoms with E-state index in [1.807, 2.05) is 23.0 Å². The van der Waals surface area contributed by atoms with Gasteiger partial charge in [0.15, 0.2) is 0 Å². The summed E-state index contributed by atoms with van der Waals surface area (Å²) in [4.78, 5) is 0. The van der Waals surface area contributed by atoms with Crippen LogP contribution in [0.25, 0.3) is 0 Å². The molecule has 1 aromatic heterocycles. The van der Waals surface area contributed by atoms with Crippen molar-refractivity contribution in [2.75, 3.05) is 13.2 Å². The largest absolute Gasteiger partial charge is 0.494 e. The SMILES string of the molecule is CCCOc1ccc(C(C)NCCn2ccnn2)cc1. The van der Waals surface area contributed by atoms with Gasteiger partial charge in [-0.15, -0.1) is 5.10 Å². The first kappa shape index (κ1) is 14.5. The summed E-state index contributed by atoms with van der Waals surface area (Å²) in [6, 6.07) is 8.58. The fraction of sp³-hybridized carbons (Fsp3) is 0.467. The van der Waals surface area contributed by atoms with Gasteiger partial charge >= 0.3 is 0 Å². The number of ether oxygens (including phenoxy) is 1. The third-order valence-electron chi connectivity index (χ3n) is 3.12. The molecule has 2 rings (SSSR count). The van der Waals surface area contributed by atoms with Gasteiger partial charge in [0.25, 0.3) is 0 Å². The number of nitrogens with zero attached hydrogens (tertiary/aromatic N) is 3. The van der Waals surface area contributed by atoms with Gasteiger partial charge in [-0.05, 0) is 31.0 Å². The molecule has 20 heavy (non-hydrogen) atoms. The van der Waals surface area contributed by atoms with Gasteiger partial charge in [0.05, 0.1) is 19.3 Å². The monoisotopic (exact) mass is 274 g/mol. The fourth-order valence-electron chi connectivity index (χ4n) is 1.94. The van der Waals surface area contributed by atoms with Crippen LogP contribution in [0.15, 0.2) is 36.7 Å². The van der Waals surface area contributed by atoms with Crippen LogP contribution in [-0.4, -0.2) is 28.1 Å². The van der Waals surface area contributed by atoms with Crippen molar-refractivity contribution in [2.45, 2.75) is 32.9 Å². The predicted octanol–water partition coefficient (Wildman–Crippen LogP) is 2.42. The van der Waals surface area contributed by atoms with E-state index >= 15 is 0 Å². The van der Waals surface area contributed by atoms with Gasteiger partial charge in [-0.3, -0.25) is 4.68 Å². The molecule has 0 radical (unpaired) electrons. The summed E-state index contributed by atoms with van der Waals surface area (Å²) in [5.74, 6) is 0.936. The van der Waals surface area contributed by atoms with Gasteiger partial charge in [-0.2, -0.15) is 0 Å². The summed E-state index contributed by atoms with van der Waals surface area (Å²) in [6.45, 7) is 6.71. The highest BCUT2D eigenvalue weighted by Gasteiger charge is 2.04. The molecule has 0 aliphatic rings. The van der Waals surface area contributed by atoms with Crippen LogP contribution in [0.3, 0.4) is 0 Å². The molecule has 0 aliphatic heterocycles. The molecule has 1 N–H and O–H groups in total. The predicted molar refractivity (Wildman–Crippen MR) is 78.7 cm³/mol. The lowest BCUT2D eigenvalue weighted by molar-refractivity contribution is 0.317. The van der Waals surface area contributed by atoms with E-state index in [1.165, 1.54) is 5.56 Å². The lowest BCUT2D eigenvalue weighted by Crippen LogP contribution is -2.23. The standard InChI is InChI=1S/C15H22N4O/c1-3-12-20-15-6-4-14(5-7-15)13(2)16-8-10-19-11-9-17-18-19/h4-7,9,11,13,16H,3,8,10,12H2,1-2H3. The summed E-state index contributed by atoms with van der Waals surface area (Å²) in [5, 5.41) is 11.2. The van der Waals surface area contributed by atoms with E-state index in [1.54, 1.807) is 6.20 Å². The van der Waals surface area contributed by atoms with Gasteiger partial charge in [0, 0.05) is 18.8 Å². The minimum absolute atomic E-state index is 0.304. The zero-order valence-electron chi connectivity index (χ0n) is 12.1. The van der Waals surface area contributed by atoms with Crippen molar-refractivity contribution in [3.05, 3.63) is 42.2 Å². The highest BCUT2D eigenvalue weighted by molar-refractivity contribution is 5.28. The molecule has 1 unspecified atom stereocenters. The first-order valence-electron chi connectivity index (χ1n) is 7.10. The van der Waals surface area contributed by atoms with Crippen molar-refractivity contribution in [2.24, 2.45) is 0 Å². The van der Waals surface area contributed by atoms with Crippen molar-refractivity contribution in [3.8, 4) is 5.75 Å². The number of hydrogen-bond donors (Lipinski definition) is 1. The smallest absolute Gasteiger partial charge is 0.119 e. The molecule has 1 heterocycles. The van der Waals surface area contributed by atoms with Gasteiger partial charge in [-0.1, -0.05) is 24.3 Å². The van der Waals surface area contributed by atoms with Gasteiger partial charge in [0.1, 0.15) is 5.75 Å². The second-order valence-electron chi connectivity index (χ2n) is 4.76. The molecule has 0 saturated heterocycles. The molecule has 1 atom stereocenters. The Bertz CT molecular complexity index is 481. The molecular formula is C15H22N4O. The van der Waals surface area contributed by atoms with E-state index in [0.717, 1.165) is 31.9 Å². The molecule has 0 spiro atoms. The summed E-state index contributed by atoms with van der Waals surface area (Å²) < 4.78 is 7.40. The lowest BCUT2D eigenvalue weighted by Gasteiger charge is -2.14. The Morgan fingerprint density at radius 3 is 2.75 bits per heavy atom. The highest BCUT2D eigenvalue weighted by Crippen LogP contribution is 2.17. The molecule has 2 aromatic rings. The number of aromatic nitrogens is 3. The van der Waals surface area contributed by atoms with E-state index in [0.29, 0.717) is 6.04 Å². The van der Waals surface area contributed by atoms with Crippen LogP contribution in [0.4, 0.5) is 0 Å². The van der Waals surface area contributed by atoms with E-state index in [9.17, 15) is 0 Å². The second kappa shape index (κ2) is 7.65. The Morgan fingerprint density at radius 1 is 1.30 bits per heavy atom. The van der Waals surface area contributed by atoms with Crippen LogP contribution in [-0.2, 0) is 6.54 Å². The normalized spacial score (nSPS) is 12.3. The quantitative estimate of drug-likeness (QED) is 0.803. The van der Waals surface area contributed by atoms with Crippen LogP contribution in [0.1, 0.15) is 31.9 Å². The third-order valence-corrected chi connectivity index (χ3v) is 3.12. The van der Waals surface area contributed by atoms with Crippen LogP contribution in [0.5, 0.6) is 5.75 Å². The fourth-order valence-corrected chi connectivity index (χ4v) is 1.94. The second-order valence-corrected chi connectivity index (χ2v) is 4.76. The van der Waals surface area contributed by atoms with Crippen molar-refractivity contribution in [3.63, 3.8) is 0 Å². The average Bonchev–Trinajstić information content (AvgIpc) is 2.99. The Labute approximate surface area is 120 Å². The van der Waals surface area contributed by atoms with Crippen LogP contribution >= 0.6 is 0 Å². The van der Waals surface area contributed by atoms with Crippen molar-refractivity contribution in [1.82, 2.24) is 20.3 Å². The van der Waals surface area contributed by atoms with E-state index < -0.39 is 0 Å². The first-order chi connectivity index (χ1) is 9.79. The molecule has 1 aromatic carbocycles. The maximum Gasteiger partial charge on any atom is 0.119 e. The van der Waals surface area contributed by atoms with Gasteiger partial charge < -0.3 is 10.1 Å². The van der Waals surface area contributed by atoms with Gasteiger partial charge in [-0.25, -0.2) is 0 Å². The molecule has 5 heteroatoms. The molecule has 0 amide bonds. The van der Waals surface area contributed by atoms with Crippen molar-refractivity contribution < 1.29 is 4.74 Å².